The zero-order valence-electron chi connectivity index (χ0n) is 30.9. The van der Waals surface area contributed by atoms with Crippen molar-refractivity contribution in [1.29, 1.82) is 0 Å². The molecule has 1 saturated heterocycles. The third-order valence-corrected chi connectivity index (χ3v) is 9.95. The summed E-state index contributed by atoms with van der Waals surface area (Å²) in [6.07, 6.45) is 5.14. The van der Waals surface area contributed by atoms with E-state index in [9.17, 15) is 9.59 Å². The molecule has 4 rings (SSSR count). The molecule has 3 unspecified atom stereocenters. The van der Waals surface area contributed by atoms with Crippen molar-refractivity contribution in [3.63, 3.8) is 0 Å². The second kappa shape index (κ2) is 22.9. The number of ether oxygens (including phenoxy) is 6. The van der Waals surface area contributed by atoms with Crippen LogP contribution in [-0.2, 0) is 80.4 Å². The molecule has 12 nitrogen and oxygen atoms in total. The Kier molecular flexibility index (Phi) is 19.1. The fraction of sp³-hybridized carbons (Fsp3) is 0.375. The van der Waals surface area contributed by atoms with Gasteiger partial charge in [0, 0.05) is 45.2 Å². The zero-order valence-corrected chi connectivity index (χ0v) is 34.7. The number of benzene rings is 3. The topological polar surface area (TPSA) is 122 Å². The minimum Gasteiger partial charge on any atom is -0.497 e. The van der Waals surface area contributed by atoms with Gasteiger partial charge in [0.2, 0.25) is 6.54 Å². The molecule has 1 heterocycles. The monoisotopic (exact) mass is 837 g/mol. The summed E-state index contributed by atoms with van der Waals surface area (Å²) in [5.41, 5.74) is 1.42. The van der Waals surface area contributed by atoms with Crippen LogP contribution in [0.3, 0.4) is 0 Å². The Bertz CT molecular complexity index is 1650. The Labute approximate surface area is 343 Å². The molecule has 3 aromatic rings. The molecule has 0 aromatic heterocycles. The number of esters is 1. The van der Waals surface area contributed by atoms with Gasteiger partial charge in [0.25, 0.3) is 7.57 Å². The van der Waals surface area contributed by atoms with Gasteiger partial charge in [0.05, 0.1) is 52.8 Å². The molecule has 0 aliphatic carbocycles. The number of rotatable bonds is 23. The number of carbonyl (C=O) groups is 2. The van der Waals surface area contributed by atoms with Gasteiger partial charge in [-0.05, 0) is 54.2 Å². The van der Waals surface area contributed by atoms with Crippen LogP contribution in [0.2, 0.25) is 0 Å². The van der Waals surface area contributed by atoms with E-state index in [1.54, 1.807) is 20.6 Å². The number of ketones is 1. The molecular weight excluding hydrogens is 790 g/mol. The van der Waals surface area contributed by atoms with E-state index in [1.807, 2.05) is 78.9 Å². The van der Waals surface area contributed by atoms with Crippen molar-refractivity contribution >= 4 is 25.6 Å². The van der Waals surface area contributed by atoms with Crippen LogP contribution < -0.4 is 9.47 Å². The van der Waals surface area contributed by atoms with Crippen molar-refractivity contribution in [2.45, 2.75) is 43.7 Å². The molecule has 1 aliphatic rings. The molecule has 0 amide bonds. The molecule has 1 fully saturated rings. The van der Waals surface area contributed by atoms with Crippen LogP contribution in [0, 0.1) is 13.0 Å². The summed E-state index contributed by atoms with van der Waals surface area (Å²) in [6.45, 7) is 12.5. The van der Waals surface area contributed by atoms with E-state index in [0.717, 1.165) is 16.7 Å². The maximum absolute atomic E-state index is 12.3. The summed E-state index contributed by atoms with van der Waals surface area (Å²) in [7, 11) is -0.116. The SMILES string of the molecule is [C-]#[N+]CCOP(=C)(OCC(COC(c1ccccc1)(c1ccc(OC)cc1)c1ccc(OC)cc1)OC=C)OC[C@H]1OC[CH-]C1OC(=O)CCC(C)=O.[Y]. The quantitative estimate of drug-likeness (QED) is 0.0257. The first-order chi connectivity index (χ1) is 25.7. The molecule has 4 atom stereocenters. The van der Waals surface area contributed by atoms with Crippen LogP contribution >= 0.6 is 7.57 Å². The van der Waals surface area contributed by atoms with Crippen molar-refractivity contribution in [2.75, 3.05) is 53.8 Å². The molecule has 287 valence electrons. The van der Waals surface area contributed by atoms with Crippen molar-refractivity contribution in [1.82, 2.24) is 0 Å². The van der Waals surface area contributed by atoms with Gasteiger partial charge in [-0.1, -0.05) is 67.8 Å². The molecule has 1 radical (unpaired) electrons. The van der Waals surface area contributed by atoms with Crippen LogP contribution in [0.4, 0.5) is 0 Å². The molecular formula is C40H47NO11PY-. The van der Waals surface area contributed by atoms with Gasteiger partial charge in [-0.15, -0.1) is 0 Å². The Hall–Kier alpha value is -3.37. The van der Waals surface area contributed by atoms with Crippen LogP contribution in [0.25, 0.3) is 4.85 Å². The summed E-state index contributed by atoms with van der Waals surface area (Å²) in [5, 5.41) is 0. The first-order valence-electron chi connectivity index (χ1n) is 17.0. The van der Waals surface area contributed by atoms with Crippen LogP contribution in [0.15, 0.2) is 91.7 Å². The molecule has 0 spiro atoms. The van der Waals surface area contributed by atoms with Gasteiger partial charge in [0.1, 0.15) is 35.6 Å². The summed E-state index contributed by atoms with van der Waals surface area (Å²) in [4.78, 5) is 27.0. The summed E-state index contributed by atoms with van der Waals surface area (Å²) < 4.78 is 53.3. The van der Waals surface area contributed by atoms with Gasteiger partial charge in [-0.2, -0.15) is 0 Å². The van der Waals surface area contributed by atoms with Crippen LogP contribution in [0.5, 0.6) is 11.5 Å². The van der Waals surface area contributed by atoms with Crippen LogP contribution in [0.1, 0.15) is 36.5 Å². The van der Waals surface area contributed by atoms with Crippen molar-refractivity contribution in [3.05, 3.63) is 126 Å². The van der Waals surface area contributed by atoms with E-state index >= 15 is 0 Å². The van der Waals surface area contributed by atoms with Crippen LogP contribution in [-0.4, -0.2) is 90.2 Å². The Balaban J connectivity index is 0.00000784. The van der Waals surface area contributed by atoms with Crippen molar-refractivity contribution < 1.29 is 84.3 Å². The van der Waals surface area contributed by atoms with E-state index in [1.165, 1.54) is 13.2 Å². The minimum absolute atomic E-state index is 0. The van der Waals surface area contributed by atoms with E-state index in [4.69, 9.17) is 48.6 Å². The largest absolute Gasteiger partial charge is 0.497 e. The van der Waals surface area contributed by atoms with E-state index in [0.29, 0.717) is 11.5 Å². The maximum Gasteiger partial charge on any atom is 0.303 e. The summed E-state index contributed by atoms with van der Waals surface area (Å²) in [6, 6.07) is 25.2. The Morgan fingerprint density at radius 3 is 2.11 bits per heavy atom. The van der Waals surface area contributed by atoms with E-state index in [-0.39, 0.29) is 90.9 Å². The second-order valence-corrected chi connectivity index (χ2v) is 13.9. The van der Waals surface area contributed by atoms with Gasteiger partial charge in [0.15, 0.2) is 0 Å². The third-order valence-electron chi connectivity index (χ3n) is 8.29. The van der Waals surface area contributed by atoms with E-state index in [2.05, 4.69) is 17.7 Å². The smallest absolute Gasteiger partial charge is 0.303 e. The predicted molar refractivity (Wildman–Crippen MR) is 201 cm³/mol. The first kappa shape index (κ1) is 45.0. The predicted octanol–water partition coefficient (Wildman–Crippen LogP) is 6.59. The number of methoxy groups -OCH3 is 2. The average molecular weight is 838 g/mol. The minimum atomic E-state index is -3.34. The summed E-state index contributed by atoms with van der Waals surface area (Å²) >= 11 is 0. The fourth-order valence-electron chi connectivity index (χ4n) is 5.55. The molecule has 1 aliphatic heterocycles. The number of hydrogen-bond donors (Lipinski definition) is 0. The fourth-order valence-corrected chi connectivity index (χ4v) is 6.90. The van der Waals surface area contributed by atoms with Gasteiger partial charge >= 0.3 is 5.97 Å². The molecule has 0 N–H and O–H groups in total. The van der Waals surface area contributed by atoms with Gasteiger partial charge in [-0.3, -0.25) is 11.2 Å². The molecule has 3 aromatic carbocycles. The standard InChI is InChI=1S/C40H47NO11P.Y/c1-7-46-36(28-50-53(6,49-26-24-41-3)51-29-38-37(23-25-47-38)52-39(43)22-13-30(2)42)27-48-40(31-11-9-8-10-12-31,32-14-18-34(44-4)19-15-32)33-16-20-35(45-5)21-17-33;/h7-12,14-21,23,36-38H,1,6,13,22,24-29H2,2,4-5H3;/q-1;/t36?,37?,38-,53?;/m1./s1. The first-order valence-corrected chi connectivity index (χ1v) is 18.8. The molecule has 0 bridgehead atoms. The number of nitrogens with zero attached hydrogens (tertiary/aromatic N) is 1. The molecule has 54 heavy (non-hydrogen) atoms. The number of carbonyl (C=O) groups excluding carboxylic acids is 2. The Morgan fingerprint density at radius 1 is 0.944 bits per heavy atom. The Morgan fingerprint density at radius 2 is 1.56 bits per heavy atom. The molecule has 14 heteroatoms. The maximum atomic E-state index is 12.3. The van der Waals surface area contributed by atoms with Crippen molar-refractivity contribution in [2.24, 2.45) is 0 Å². The third kappa shape index (κ3) is 12.9. The average Bonchev–Trinajstić information content (AvgIpc) is 3.63. The molecule has 0 saturated carbocycles. The zero-order chi connectivity index (χ0) is 38.1. The second-order valence-electron chi connectivity index (χ2n) is 11.9. The van der Waals surface area contributed by atoms with Gasteiger partial charge in [-0.25, -0.2) is 6.57 Å². The number of Topliss-reactive ketones (excluding diaryl/α,β-unsaturated/α-hetero) is 1. The van der Waals surface area contributed by atoms with Gasteiger partial charge < -0.3 is 51.6 Å². The van der Waals surface area contributed by atoms with Crippen molar-refractivity contribution in [3.8, 4) is 11.5 Å². The summed E-state index contributed by atoms with van der Waals surface area (Å²) in [5.74, 6) is 0.765. The van der Waals surface area contributed by atoms with E-state index < -0.39 is 37.4 Å². The number of hydrogen-bond acceptors (Lipinski definition) is 11. The normalized spacial score (nSPS) is 16.9.